The van der Waals surface area contributed by atoms with Crippen LogP contribution in [0, 0.1) is 11.8 Å². The first-order valence-electron chi connectivity index (χ1n) is 7.72. The third-order valence-electron chi connectivity index (χ3n) is 4.89. The van der Waals surface area contributed by atoms with Gasteiger partial charge in [0.05, 0.1) is 6.10 Å². The molecule has 0 aromatic carbocycles. The topological polar surface area (TPSA) is 46.2 Å². The maximum absolute atomic E-state index is 5.56. The van der Waals surface area contributed by atoms with Crippen molar-refractivity contribution in [1.82, 2.24) is 15.6 Å². The summed E-state index contributed by atoms with van der Waals surface area (Å²) in [7, 11) is 1.85. The molecule has 4 atom stereocenters. The van der Waals surface area contributed by atoms with E-state index >= 15 is 0 Å². The number of rotatable bonds is 5. The molecule has 1 aromatic heterocycles. The first kappa shape index (κ1) is 14.0. The van der Waals surface area contributed by atoms with E-state index in [0.29, 0.717) is 12.1 Å². The van der Waals surface area contributed by atoms with Crippen LogP contribution in [-0.2, 0) is 11.3 Å². The Balaban J connectivity index is 1.48. The molecule has 4 unspecified atom stereocenters. The molecule has 1 aromatic rings. The van der Waals surface area contributed by atoms with Gasteiger partial charge < -0.3 is 15.4 Å². The summed E-state index contributed by atoms with van der Waals surface area (Å²) in [5.74, 6) is 1.50. The van der Waals surface area contributed by atoms with E-state index in [1.807, 2.05) is 25.6 Å². The Hall–Kier alpha value is -0.970. The number of aromatic nitrogens is 1. The van der Waals surface area contributed by atoms with Gasteiger partial charge in [0.1, 0.15) is 0 Å². The van der Waals surface area contributed by atoms with Crippen molar-refractivity contribution in [3.63, 3.8) is 0 Å². The number of ether oxygens (including phenoxy) is 1. The zero-order chi connectivity index (χ0) is 13.8. The Bertz CT molecular complexity index is 411. The molecule has 1 saturated carbocycles. The molecule has 1 saturated heterocycles. The maximum atomic E-state index is 5.56. The average molecular weight is 275 g/mol. The standard InChI is InChI=1S/C16H25N3O/c1-20-14-4-5-16-15(7-14)13(11-19-16)10-18-9-12-3-2-6-17-8-12/h2-3,6,8,13-16,18-19H,4-5,7,9-11H2,1H3. The van der Waals surface area contributed by atoms with Gasteiger partial charge in [-0.25, -0.2) is 0 Å². The van der Waals surface area contributed by atoms with Gasteiger partial charge in [-0.15, -0.1) is 0 Å². The molecule has 0 spiro atoms. The molecule has 4 heteroatoms. The van der Waals surface area contributed by atoms with Gasteiger partial charge in [-0.2, -0.15) is 0 Å². The molecule has 3 rings (SSSR count). The zero-order valence-electron chi connectivity index (χ0n) is 12.2. The number of nitrogens with one attached hydrogen (secondary N) is 2. The van der Waals surface area contributed by atoms with Gasteiger partial charge in [0.2, 0.25) is 0 Å². The molecule has 1 aliphatic carbocycles. The van der Waals surface area contributed by atoms with Crippen molar-refractivity contribution in [2.24, 2.45) is 11.8 Å². The highest BCUT2D eigenvalue weighted by atomic mass is 16.5. The SMILES string of the molecule is COC1CCC2NCC(CNCc3cccnc3)C2C1. The van der Waals surface area contributed by atoms with E-state index < -0.39 is 0 Å². The van der Waals surface area contributed by atoms with Crippen LogP contribution in [0.15, 0.2) is 24.5 Å². The Morgan fingerprint density at radius 3 is 3.20 bits per heavy atom. The lowest BCUT2D eigenvalue weighted by molar-refractivity contribution is 0.0388. The summed E-state index contributed by atoms with van der Waals surface area (Å²) in [4.78, 5) is 4.15. The molecule has 0 bridgehead atoms. The van der Waals surface area contributed by atoms with Crippen LogP contribution in [0.5, 0.6) is 0 Å². The minimum atomic E-state index is 0.469. The quantitative estimate of drug-likeness (QED) is 0.856. The number of hydrogen-bond acceptors (Lipinski definition) is 4. The lowest BCUT2D eigenvalue weighted by atomic mass is 9.78. The highest BCUT2D eigenvalue weighted by Gasteiger charge is 2.39. The number of hydrogen-bond donors (Lipinski definition) is 2. The molecular weight excluding hydrogens is 250 g/mol. The summed E-state index contributed by atoms with van der Waals surface area (Å²) in [5.41, 5.74) is 1.26. The van der Waals surface area contributed by atoms with Crippen molar-refractivity contribution in [2.75, 3.05) is 20.2 Å². The largest absolute Gasteiger partial charge is 0.381 e. The van der Waals surface area contributed by atoms with Crippen LogP contribution in [0.4, 0.5) is 0 Å². The van der Waals surface area contributed by atoms with E-state index in [9.17, 15) is 0 Å². The van der Waals surface area contributed by atoms with Crippen molar-refractivity contribution >= 4 is 0 Å². The summed E-state index contributed by atoms with van der Waals surface area (Å²) in [6.07, 6.45) is 7.92. The normalized spacial score (nSPS) is 33.0. The summed E-state index contributed by atoms with van der Waals surface area (Å²) in [5, 5.41) is 7.28. The molecule has 2 heterocycles. The van der Waals surface area contributed by atoms with Crippen LogP contribution in [0.25, 0.3) is 0 Å². The van der Waals surface area contributed by atoms with E-state index in [0.717, 1.165) is 31.5 Å². The fourth-order valence-corrected chi connectivity index (χ4v) is 3.74. The van der Waals surface area contributed by atoms with Crippen LogP contribution in [0.3, 0.4) is 0 Å². The van der Waals surface area contributed by atoms with E-state index in [1.165, 1.54) is 24.8 Å². The monoisotopic (exact) mass is 275 g/mol. The van der Waals surface area contributed by atoms with Crippen molar-refractivity contribution < 1.29 is 4.74 Å². The molecular formula is C16H25N3O. The molecule has 2 N–H and O–H groups in total. The Kier molecular flexibility index (Phi) is 4.65. The molecule has 20 heavy (non-hydrogen) atoms. The lowest BCUT2D eigenvalue weighted by Gasteiger charge is -2.33. The van der Waals surface area contributed by atoms with Gasteiger partial charge in [0, 0.05) is 32.1 Å². The first-order chi connectivity index (χ1) is 9.86. The highest BCUT2D eigenvalue weighted by molar-refractivity contribution is 5.08. The second-order valence-corrected chi connectivity index (χ2v) is 6.10. The number of nitrogens with zero attached hydrogens (tertiary/aromatic N) is 1. The second-order valence-electron chi connectivity index (χ2n) is 6.10. The number of pyridine rings is 1. The van der Waals surface area contributed by atoms with Crippen LogP contribution < -0.4 is 10.6 Å². The van der Waals surface area contributed by atoms with E-state index in [-0.39, 0.29) is 0 Å². The molecule has 0 amide bonds. The van der Waals surface area contributed by atoms with Crippen molar-refractivity contribution in [3.8, 4) is 0 Å². The predicted octanol–water partition coefficient (Wildman–Crippen LogP) is 1.57. The highest BCUT2D eigenvalue weighted by Crippen LogP contribution is 2.35. The summed E-state index contributed by atoms with van der Waals surface area (Å²) >= 11 is 0. The summed E-state index contributed by atoms with van der Waals surface area (Å²) < 4.78 is 5.56. The first-order valence-corrected chi connectivity index (χ1v) is 7.72. The van der Waals surface area contributed by atoms with Gasteiger partial charge in [0.15, 0.2) is 0 Å². The van der Waals surface area contributed by atoms with Crippen molar-refractivity contribution in [3.05, 3.63) is 30.1 Å². The van der Waals surface area contributed by atoms with Gasteiger partial charge >= 0.3 is 0 Å². The van der Waals surface area contributed by atoms with Crippen molar-refractivity contribution in [1.29, 1.82) is 0 Å². The fourth-order valence-electron chi connectivity index (χ4n) is 3.74. The minimum absolute atomic E-state index is 0.469. The van der Waals surface area contributed by atoms with Gasteiger partial charge in [-0.05, 0) is 55.8 Å². The summed E-state index contributed by atoms with van der Waals surface area (Å²) in [6, 6.07) is 4.83. The Labute approximate surface area is 121 Å². The van der Waals surface area contributed by atoms with Crippen LogP contribution in [0.1, 0.15) is 24.8 Å². The van der Waals surface area contributed by atoms with E-state index in [1.54, 1.807) is 0 Å². The third-order valence-corrected chi connectivity index (χ3v) is 4.89. The Morgan fingerprint density at radius 2 is 2.40 bits per heavy atom. The predicted molar refractivity (Wildman–Crippen MR) is 79.4 cm³/mol. The molecule has 4 nitrogen and oxygen atoms in total. The lowest BCUT2D eigenvalue weighted by Crippen LogP contribution is -2.37. The molecule has 2 aliphatic rings. The number of fused-ring (bicyclic) bond motifs is 1. The third kappa shape index (κ3) is 3.19. The van der Waals surface area contributed by atoms with Gasteiger partial charge in [-0.3, -0.25) is 4.98 Å². The Morgan fingerprint density at radius 1 is 1.45 bits per heavy atom. The molecule has 1 aliphatic heterocycles. The minimum Gasteiger partial charge on any atom is -0.381 e. The smallest absolute Gasteiger partial charge is 0.0575 e. The fraction of sp³-hybridized carbons (Fsp3) is 0.688. The average Bonchev–Trinajstić information content (AvgIpc) is 2.91. The summed E-state index contributed by atoms with van der Waals surface area (Å²) in [6.45, 7) is 3.14. The molecule has 110 valence electrons. The maximum Gasteiger partial charge on any atom is 0.0575 e. The van der Waals surface area contributed by atoms with Crippen LogP contribution >= 0.6 is 0 Å². The van der Waals surface area contributed by atoms with Crippen molar-refractivity contribution in [2.45, 2.75) is 38.0 Å². The van der Waals surface area contributed by atoms with Gasteiger partial charge in [0.25, 0.3) is 0 Å². The van der Waals surface area contributed by atoms with Crippen LogP contribution in [0.2, 0.25) is 0 Å². The second kappa shape index (κ2) is 6.66. The van der Waals surface area contributed by atoms with Crippen LogP contribution in [-0.4, -0.2) is 37.3 Å². The van der Waals surface area contributed by atoms with E-state index in [2.05, 4.69) is 21.7 Å². The van der Waals surface area contributed by atoms with E-state index in [4.69, 9.17) is 4.74 Å². The number of methoxy groups -OCH3 is 1. The zero-order valence-corrected chi connectivity index (χ0v) is 12.2. The molecule has 2 fully saturated rings. The molecule has 0 radical (unpaired) electrons. The van der Waals surface area contributed by atoms with Gasteiger partial charge in [-0.1, -0.05) is 6.07 Å².